The van der Waals surface area contributed by atoms with Gasteiger partial charge in [0.15, 0.2) is 5.17 Å². The van der Waals surface area contributed by atoms with Crippen LogP contribution in [0.2, 0.25) is 0 Å². The molecule has 0 aromatic heterocycles. The molecule has 0 bridgehead atoms. The zero-order chi connectivity index (χ0) is 17.7. The number of hydrogen-bond donors (Lipinski definition) is 3. The number of nitrogens with one attached hydrogen (secondary N) is 1. The number of benzene rings is 1. The van der Waals surface area contributed by atoms with Gasteiger partial charge >= 0.3 is 0 Å². The van der Waals surface area contributed by atoms with Gasteiger partial charge in [-0.05, 0) is 37.0 Å². The molecule has 0 radical (unpaired) electrons. The first kappa shape index (κ1) is 21.5. The van der Waals surface area contributed by atoms with Crippen LogP contribution in [0.15, 0.2) is 29.3 Å². The number of aliphatic hydroxyl groups excluding tert-OH is 1. The molecule has 2 rings (SSSR count). The van der Waals surface area contributed by atoms with Crippen LogP contribution in [-0.2, 0) is 5.54 Å². The molecule has 0 saturated carbocycles. The van der Waals surface area contributed by atoms with Gasteiger partial charge in [0.05, 0.1) is 18.2 Å². The third-order valence-corrected chi connectivity index (χ3v) is 5.60. The molecule has 1 heterocycles. The number of carbonyl (C=O) groups excluding carboxylic acids is 1. The molecule has 0 aliphatic carbocycles. The van der Waals surface area contributed by atoms with E-state index in [9.17, 15) is 9.90 Å². The minimum absolute atomic E-state index is 0. The molecule has 1 amide bonds. The summed E-state index contributed by atoms with van der Waals surface area (Å²) in [7, 11) is 0. The van der Waals surface area contributed by atoms with Crippen LogP contribution >= 0.6 is 11.8 Å². The number of rotatable bonds is 6. The molecule has 3 atom stereocenters. The minimum atomic E-state index is -0.325. The van der Waals surface area contributed by atoms with Crippen molar-refractivity contribution < 1.29 is 9.90 Å². The molecule has 5 nitrogen and oxygen atoms in total. The summed E-state index contributed by atoms with van der Waals surface area (Å²) < 4.78 is 0. The van der Waals surface area contributed by atoms with Crippen molar-refractivity contribution in [2.24, 2.45) is 16.6 Å². The zero-order valence-corrected chi connectivity index (χ0v) is 15.4. The van der Waals surface area contributed by atoms with Gasteiger partial charge in [-0.15, -0.1) is 0 Å². The molecule has 1 aliphatic rings. The van der Waals surface area contributed by atoms with Crippen molar-refractivity contribution in [3.63, 3.8) is 0 Å². The van der Waals surface area contributed by atoms with Crippen LogP contribution in [-0.4, -0.2) is 34.6 Å². The van der Waals surface area contributed by atoms with Gasteiger partial charge in [-0.1, -0.05) is 51.6 Å². The van der Waals surface area contributed by atoms with Gasteiger partial charge in [0.25, 0.3) is 5.91 Å². The minimum Gasteiger partial charge on any atom is -0.394 e. The third kappa shape index (κ3) is 5.22. The summed E-state index contributed by atoms with van der Waals surface area (Å²) in [5, 5.41) is 13.0. The fourth-order valence-electron chi connectivity index (χ4n) is 2.78. The highest BCUT2D eigenvalue weighted by molar-refractivity contribution is 8.13. The highest BCUT2D eigenvalue weighted by atomic mass is 32.2. The van der Waals surface area contributed by atoms with Gasteiger partial charge in [0.1, 0.15) is 0 Å². The van der Waals surface area contributed by atoms with Crippen molar-refractivity contribution >= 4 is 22.8 Å². The van der Waals surface area contributed by atoms with Crippen molar-refractivity contribution in [1.29, 1.82) is 0 Å². The molecule has 0 saturated heterocycles. The van der Waals surface area contributed by atoms with Crippen LogP contribution in [0, 0.1) is 5.92 Å². The average molecular weight is 366 g/mol. The zero-order valence-electron chi connectivity index (χ0n) is 14.6. The smallest absolute Gasteiger partial charge is 0.251 e. The van der Waals surface area contributed by atoms with Crippen LogP contribution in [0.1, 0.15) is 57.0 Å². The number of nitrogens with zero attached hydrogens (tertiary/aromatic N) is 1. The van der Waals surface area contributed by atoms with E-state index in [4.69, 9.17) is 5.73 Å². The standard InChI is InChI=1S/C18H27N3O2S.CH4/c1-4-12(2)15(11-22)20-16(23)13-5-7-14(8-6-13)18(3)9-10-24-17(19)21-18;/h5-8,12,15,22H,4,9-11H2,1-3H3,(H2,19,21)(H,20,23);1H4/t12?,15-,18?;/m0./s1. The Morgan fingerprint density at radius 1 is 1.44 bits per heavy atom. The largest absolute Gasteiger partial charge is 0.394 e. The molecular formula is C19H31N3O2S. The number of aliphatic imine (C=N–C) groups is 1. The van der Waals surface area contributed by atoms with Crippen LogP contribution < -0.4 is 11.1 Å². The molecule has 140 valence electrons. The lowest BCUT2D eigenvalue weighted by molar-refractivity contribution is 0.0891. The average Bonchev–Trinajstić information content (AvgIpc) is 2.58. The Morgan fingerprint density at radius 3 is 2.60 bits per heavy atom. The van der Waals surface area contributed by atoms with Crippen molar-refractivity contribution in [3.05, 3.63) is 35.4 Å². The van der Waals surface area contributed by atoms with Crippen LogP contribution in [0.25, 0.3) is 0 Å². The SMILES string of the molecule is C.CCC(C)[C@H](CO)NC(=O)c1ccc(C2(C)CCSC(N)=N2)cc1. The monoisotopic (exact) mass is 365 g/mol. The van der Waals surface area contributed by atoms with Gasteiger partial charge in [0, 0.05) is 11.3 Å². The lowest BCUT2D eigenvalue weighted by Crippen LogP contribution is -2.41. The lowest BCUT2D eigenvalue weighted by Gasteiger charge is -2.29. The third-order valence-electron chi connectivity index (χ3n) is 4.81. The highest BCUT2D eigenvalue weighted by Gasteiger charge is 2.29. The molecule has 0 spiro atoms. The quantitative estimate of drug-likeness (QED) is 0.723. The number of hydrogen-bond acceptors (Lipinski definition) is 5. The second kappa shape index (κ2) is 9.25. The highest BCUT2D eigenvalue weighted by Crippen LogP contribution is 2.34. The first-order chi connectivity index (χ1) is 11.4. The molecule has 1 aromatic carbocycles. The van der Waals surface area contributed by atoms with Crippen LogP contribution in [0.4, 0.5) is 0 Å². The summed E-state index contributed by atoms with van der Waals surface area (Å²) >= 11 is 1.58. The number of carbonyl (C=O) groups is 1. The summed E-state index contributed by atoms with van der Waals surface area (Å²) in [6, 6.07) is 7.29. The molecule has 0 fully saturated rings. The fraction of sp³-hybridized carbons (Fsp3) is 0.579. The molecule has 1 aromatic rings. The Hall–Kier alpha value is -1.53. The summed E-state index contributed by atoms with van der Waals surface area (Å²) in [6.07, 6.45) is 1.82. The Morgan fingerprint density at radius 2 is 2.08 bits per heavy atom. The van der Waals surface area contributed by atoms with Crippen molar-refractivity contribution in [3.8, 4) is 0 Å². The number of amides is 1. The van der Waals surface area contributed by atoms with Crippen LogP contribution in [0.5, 0.6) is 0 Å². The summed E-state index contributed by atoms with van der Waals surface area (Å²) in [4.78, 5) is 17.0. The predicted octanol–water partition coefficient (Wildman–Crippen LogP) is 3.13. The molecule has 25 heavy (non-hydrogen) atoms. The van der Waals surface area contributed by atoms with E-state index in [-0.39, 0.29) is 37.4 Å². The molecule has 4 N–H and O–H groups in total. The van der Waals surface area contributed by atoms with E-state index in [1.807, 2.05) is 38.1 Å². The van der Waals surface area contributed by atoms with E-state index in [0.29, 0.717) is 10.7 Å². The second-order valence-corrected chi connectivity index (χ2v) is 7.66. The normalized spacial score (nSPS) is 22.3. The van der Waals surface area contributed by atoms with E-state index in [2.05, 4.69) is 17.2 Å². The second-order valence-electron chi connectivity index (χ2n) is 6.55. The van der Waals surface area contributed by atoms with Gasteiger partial charge in [0.2, 0.25) is 0 Å². The van der Waals surface area contributed by atoms with Gasteiger partial charge in [-0.3, -0.25) is 9.79 Å². The molecule has 1 aliphatic heterocycles. The Kier molecular flexibility index (Phi) is 7.96. The maximum Gasteiger partial charge on any atom is 0.251 e. The van der Waals surface area contributed by atoms with E-state index in [0.717, 1.165) is 24.2 Å². The Labute approximate surface area is 155 Å². The number of aliphatic hydroxyl groups is 1. The van der Waals surface area contributed by atoms with Crippen molar-refractivity contribution in [2.75, 3.05) is 12.4 Å². The van der Waals surface area contributed by atoms with Gasteiger partial charge in [-0.2, -0.15) is 0 Å². The first-order valence-electron chi connectivity index (χ1n) is 8.40. The Balaban J connectivity index is 0.00000312. The van der Waals surface area contributed by atoms with Crippen molar-refractivity contribution in [1.82, 2.24) is 5.32 Å². The fourth-order valence-corrected chi connectivity index (χ4v) is 3.75. The number of nitrogens with two attached hydrogens (primary N) is 1. The number of thioether (sulfide) groups is 1. The summed E-state index contributed by atoms with van der Waals surface area (Å²) in [5.41, 5.74) is 7.19. The van der Waals surface area contributed by atoms with E-state index in [1.165, 1.54) is 0 Å². The summed E-state index contributed by atoms with van der Waals surface area (Å²) in [5.74, 6) is 1.02. The van der Waals surface area contributed by atoms with Gasteiger partial charge < -0.3 is 16.2 Å². The predicted molar refractivity (Wildman–Crippen MR) is 107 cm³/mol. The molecule has 2 unspecified atom stereocenters. The maximum atomic E-state index is 12.4. The molecule has 6 heteroatoms. The molecular weight excluding hydrogens is 334 g/mol. The van der Waals surface area contributed by atoms with E-state index in [1.54, 1.807) is 11.8 Å². The maximum absolute atomic E-state index is 12.4. The topological polar surface area (TPSA) is 87.7 Å². The Bertz CT molecular complexity index is 603. The van der Waals surface area contributed by atoms with E-state index >= 15 is 0 Å². The summed E-state index contributed by atoms with van der Waals surface area (Å²) in [6.45, 7) is 6.08. The lowest BCUT2D eigenvalue weighted by atomic mass is 9.89. The first-order valence-corrected chi connectivity index (χ1v) is 9.38. The van der Waals surface area contributed by atoms with Crippen molar-refractivity contribution in [2.45, 2.75) is 52.6 Å². The van der Waals surface area contributed by atoms with Gasteiger partial charge in [-0.25, -0.2) is 0 Å². The number of amidine groups is 1. The van der Waals surface area contributed by atoms with Crippen LogP contribution in [0.3, 0.4) is 0 Å². The van der Waals surface area contributed by atoms with E-state index < -0.39 is 0 Å².